The maximum absolute atomic E-state index is 14.0. The largest absolute Gasteiger partial charge is 0.352 e. The molecule has 0 aliphatic carbocycles. The Bertz CT molecular complexity index is 1620. The van der Waals surface area contributed by atoms with E-state index in [-0.39, 0.29) is 36.7 Å². The maximum Gasteiger partial charge on any atom is 0.258 e. The van der Waals surface area contributed by atoms with Crippen molar-refractivity contribution in [2.45, 2.75) is 51.7 Å². The predicted octanol–water partition coefficient (Wildman–Crippen LogP) is 7.05. The summed E-state index contributed by atoms with van der Waals surface area (Å²) >= 11 is 12.7. The molecule has 1 aliphatic rings. The van der Waals surface area contributed by atoms with E-state index in [0.29, 0.717) is 40.6 Å². The van der Waals surface area contributed by atoms with Crippen LogP contribution in [0.4, 0.5) is 5.69 Å². The molecule has 0 radical (unpaired) electrons. The van der Waals surface area contributed by atoms with Crippen LogP contribution in [0.3, 0.4) is 0 Å². The molecule has 3 amide bonds. The third-order valence-corrected chi connectivity index (χ3v) is 8.07. The summed E-state index contributed by atoms with van der Waals surface area (Å²) in [4.78, 5) is 44.2. The Morgan fingerprint density at radius 3 is 2.38 bits per heavy atom. The zero-order valence-corrected chi connectivity index (χ0v) is 25.2. The van der Waals surface area contributed by atoms with Gasteiger partial charge in [0.15, 0.2) is 0 Å². The number of nitrogens with zero attached hydrogens (tertiary/aromatic N) is 2. The molecular formula is C34H33Cl2N3O3. The van der Waals surface area contributed by atoms with E-state index in [1.165, 1.54) is 0 Å². The minimum atomic E-state index is -0.763. The number of benzene rings is 4. The number of hydrogen-bond acceptors (Lipinski definition) is 3. The summed E-state index contributed by atoms with van der Waals surface area (Å²) in [5.74, 6) is -0.482. The fourth-order valence-corrected chi connectivity index (χ4v) is 5.97. The number of anilines is 1. The molecule has 1 aliphatic heterocycles. The highest BCUT2D eigenvalue weighted by Gasteiger charge is 2.32. The number of hydrogen-bond donors (Lipinski definition) is 1. The van der Waals surface area contributed by atoms with Gasteiger partial charge in [-0.3, -0.25) is 14.4 Å². The van der Waals surface area contributed by atoms with E-state index in [2.05, 4.69) is 5.32 Å². The van der Waals surface area contributed by atoms with Crippen molar-refractivity contribution >= 4 is 57.4 Å². The molecule has 0 spiro atoms. The van der Waals surface area contributed by atoms with Crippen molar-refractivity contribution in [1.82, 2.24) is 10.2 Å². The summed E-state index contributed by atoms with van der Waals surface area (Å²) in [6, 6.07) is 25.6. The second-order valence-corrected chi connectivity index (χ2v) is 11.7. The number of carbonyl (C=O) groups excluding carboxylic acids is 3. The Balaban J connectivity index is 1.39. The molecule has 1 N–H and O–H groups in total. The molecule has 5 rings (SSSR count). The third kappa shape index (κ3) is 6.45. The molecule has 1 atom stereocenters. The van der Waals surface area contributed by atoms with Gasteiger partial charge in [-0.1, -0.05) is 83.9 Å². The van der Waals surface area contributed by atoms with Crippen molar-refractivity contribution in [2.24, 2.45) is 0 Å². The van der Waals surface area contributed by atoms with Crippen LogP contribution in [0.25, 0.3) is 10.8 Å². The summed E-state index contributed by atoms with van der Waals surface area (Å²) in [5.41, 5.74) is 3.18. The SMILES string of the molecule is CC(C)NC(=O)C(Cc1ccccc1)N(Cc1ccc(Cl)cc1Cl)C(=O)CCCN1C(=O)c2cccc3cccc1c23. The van der Waals surface area contributed by atoms with Crippen LogP contribution in [0, 0.1) is 0 Å². The molecule has 0 saturated carbocycles. The average molecular weight is 603 g/mol. The van der Waals surface area contributed by atoms with Gasteiger partial charge in [0.25, 0.3) is 5.91 Å². The van der Waals surface area contributed by atoms with Crippen molar-refractivity contribution in [3.63, 3.8) is 0 Å². The first kappa shape index (κ1) is 29.6. The highest BCUT2D eigenvalue weighted by molar-refractivity contribution is 6.35. The molecule has 216 valence electrons. The molecule has 0 aromatic heterocycles. The maximum atomic E-state index is 14.0. The van der Waals surface area contributed by atoms with Gasteiger partial charge >= 0.3 is 0 Å². The van der Waals surface area contributed by atoms with Crippen molar-refractivity contribution in [3.05, 3.63) is 112 Å². The van der Waals surface area contributed by atoms with Gasteiger partial charge in [-0.15, -0.1) is 0 Å². The van der Waals surface area contributed by atoms with E-state index in [9.17, 15) is 14.4 Å². The Hall–Kier alpha value is -3.87. The number of halogens is 2. The predicted molar refractivity (Wildman–Crippen MR) is 169 cm³/mol. The molecule has 0 bridgehead atoms. The van der Waals surface area contributed by atoms with E-state index in [0.717, 1.165) is 22.0 Å². The monoisotopic (exact) mass is 601 g/mol. The fraction of sp³-hybridized carbons (Fsp3) is 0.265. The first-order valence-corrected chi connectivity index (χ1v) is 14.9. The van der Waals surface area contributed by atoms with Crippen LogP contribution < -0.4 is 10.2 Å². The number of rotatable bonds is 11. The standard InChI is InChI=1S/C34H33Cl2N3O3/c1-22(2)37-33(41)30(19-23-9-4-3-5-10-23)39(21-25-16-17-26(35)20-28(25)36)31(40)15-8-18-38-29-14-7-12-24-11-6-13-27(32(24)29)34(38)42/h3-7,9-14,16-17,20,22,30H,8,15,18-19,21H2,1-2H3,(H,37,41). The van der Waals surface area contributed by atoms with Crippen LogP contribution in [0.2, 0.25) is 10.0 Å². The molecular weight excluding hydrogens is 569 g/mol. The summed E-state index contributed by atoms with van der Waals surface area (Å²) < 4.78 is 0. The van der Waals surface area contributed by atoms with Crippen LogP contribution in [0.1, 0.15) is 48.2 Å². The van der Waals surface area contributed by atoms with Gasteiger partial charge in [0.05, 0.1) is 5.69 Å². The lowest BCUT2D eigenvalue weighted by molar-refractivity contribution is -0.141. The first-order chi connectivity index (χ1) is 20.2. The van der Waals surface area contributed by atoms with Gasteiger partial charge < -0.3 is 15.1 Å². The zero-order chi connectivity index (χ0) is 29.8. The Kier molecular flexibility index (Phi) is 9.15. The molecule has 1 unspecified atom stereocenters. The minimum Gasteiger partial charge on any atom is -0.352 e. The second kappa shape index (κ2) is 13.0. The van der Waals surface area contributed by atoms with E-state index in [1.807, 2.05) is 80.6 Å². The fourth-order valence-electron chi connectivity index (χ4n) is 5.50. The van der Waals surface area contributed by atoms with Crippen LogP contribution in [-0.4, -0.2) is 41.2 Å². The van der Waals surface area contributed by atoms with Crippen LogP contribution in [0.15, 0.2) is 84.9 Å². The molecule has 6 nitrogen and oxygen atoms in total. The smallest absolute Gasteiger partial charge is 0.258 e. The quantitative estimate of drug-likeness (QED) is 0.200. The lowest BCUT2D eigenvalue weighted by Gasteiger charge is -2.32. The molecule has 4 aromatic rings. The molecule has 1 heterocycles. The molecule has 42 heavy (non-hydrogen) atoms. The summed E-state index contributed by atoms with van der Waals surface area (Å²) in [5, 5.41) is 5.88. The lowest BCUT2D eigenvalue weighted by atomic mass is 10.0. The van der Waals surface area contributed by atoms with E-state index < -0.39 is 6.04 Å². The highest BCUT2D eigenvalue weighted by Crippen LogP contribution is 2.37. The topological polar surface area (TPSA) is 69.7 Å². The van der Waals surface area contributed by atoms with Crippen LogP contribution >= 0.6 is 23.2 Å². The Morgan fingerprint density at radius 1 is 0.929 bits per heavy atom. The highest BCUT2D eigenvalue weighted by atomic mass is 35.5. The average Bonchev–Trinajstić information content (AvgIpc) is 3.24. The van der Waals surface area contributed by atoms with Gasteiger partial charge in [0, 0.05) is 53.0 Å². The van der Waals surface area contributed by atoms with Crippen LogP contribution in [0.5, 0.6) is 0 Å². The lowest BCUT2D eigenvalue weighted by Crippen LogP contribution is -2.51. The van der Waals surface area contributed by atoms with Gasteiger partial charge in [0.1, 0.15) is 6.04 Å². The van der Waals surface area contributed by atoms with Crippen molar-refractivity contribution in [2.75, 3.05) is 11.4 Å². The second-order valence-electron chi connectivity index (χ2n) is 10.9. The first-order valence-electron chi connectivity index (χ1n) is 14.1. The summed E-state index contributed by atoms with van der Waals surface area (Å²) in [6.45, 7) is 4.32. The molecule has 0 saturated heterocycles. The minimum absolute atomic E-state index is 0.0580. The molecule has 4 aromatic carbocycles. The van der Waals surface area contributed by atoms with Gasteiger partial charge in [0.2, 0.25) is 11.8 Å². The van der Waals surface area contributed by atoms with Crippen molar-refractivity contribution in [1.29, 1.82) is 0 Å². The molecule has 8 heteroatoms. The third-order valence-electron chi connectivity index (χ3n) is 7.48. The molecule has 0 fully saturated rings. The summed E-state index contributed by atoms with van der Waals surface area (Å²) in [7, 11) is 0. The zero-order valence-electron chi connectivity index (χ0n) is 23.6. The number of carbonyl (C=O) groups is 3. The van der Waals surface area contributed by atoms with Gasteiger partial charge in [-0.25, -0.2) is 0 Å². The van der Waals surface area contributed by atoms with E-state index in [4.69, 9.17) is 23.2 Å². The van der Waals surface area contributed by atoms with E-state index in [1.54, 1.807) is 28.0 Å². The normalized spacial score (nSPS) is 13.1. The van der Waals surface area contributed by atoms with E-state index >= 15 is 0 Å². The Labute approximate surface area is 256 Å². The number of nitrogens with one attached hydrogen (secondary N) is 1. The Morgan fingerprint density at radius 2 is 1.67 bits per heavy atom. The van der Waals surface area contributed by atoms with Crippen molar-refractivity contribution < 1.29 is 14.4 Å². The summed E-state index contributed by atoms with van der Waals surface area (Å²) in [6.07, 6.45) is 0.934. The van der Waals surface area contributed by atoms with Gasteiger partial charge in [-0.05, 0) is 61.0 Å². The van der Waals surface area contributed by atoms with Crippen LogP contribution in [-0.2, 0) is 22.6 Å². The van der Waals surface area contributed by atoms with Gasteiger partial charge in [-0.2, -0.15) is 0 Å². The van der Waals surface area contributed by atoms with Crippen molar-refractivity contribution in [3.8, 4) is 0 Å². The number of amides is 3.